The minimum Gasteiger partial charge on any atom is -0.481 e. The van der Waals surface area contributed by atoms with Crippen LogP contribution in [-0.4, -0.2) is 74.7 Å². The molecule has 8 N–H and O–H groups in total. The van der Waals surface area contributed by atoms with E-state index in [1.807, 2.05) is 42.5 Å². The Morgan fingerprint density at radius 2 is 1.60 bits per heavy atom. The van der Waals surface area contributed by atoms with Crippen molar-refractivity contribution in [3.05, 3.63) is 90.3 Å². The average molecular weight is 811 g/mol. The van der Waals surface area contributed by atoms with E-state index in [-0.39, 0.29) is 38.0 Å². The van der Waals surface area contributed by atoms with Crippen LogP contribution in [0.15, 0.2) is 79.1 Å². The molecule has 306 valence electrons. The largest absolute Gasteiger partial charge is 0.481 e. The summed E-state index contributed by atoms with van der Waals surface area (Å²) in [6, 6.07) is 16.4. The molecule has 4 aromatic rings. The summed E-state index contributed by atoms with van der Waals surface area (Å²) in [5.41, 5.74) is 7.64. The molecule has 5 rings (SSSR count). The first kappa shape index (κ1) is 43.0. The Bertz CT molecular complexity index is 2030. The fourth-order valence-corrected chi connectivity index (χ4v) is 7.64. The van der Waals surface area contributed by atoms with Crippen LogP contribution in [0.4, 0.5) is 10.8 Å². The van der Waals surface area contributed by atoms with Gasteiger partial charge in [0, 0.05) is 37.1 Å². The van der Waals surface area contributed by atoms with E-state index in [0.717, 1.165) is 33.0 Å². The number of carboxylic acids is 1. The Balaban J connectivity index is 1.23. The van der Waals surface area contributed by atoms with E-state index in [0.29, 0.717) is 50.6 Å². The number of nitrogens with zero attached hydrogens (tertiary/aromatic N) is 2. The Kier molecular flexibility index (Phi) is 15.8. The van der Waals surface area contributed by atoms with Crippen LogP contribution in [0.3, 0.4) is 0 Å². The predicted octanol–water partition coefficient (Wildman–Crippen LogP) is 4.51. The summed E-state index contributed by atoms with van der Waals surface area (Å²) in [5, 5.41) is 24.4. The molecular formula is C42H50N8O7S. The number of benzene rings is 2. The van der Waals surface area contributed by atoms with Gasteiger partial charge in [0.25, 0.3) is 0 Å². The van der Waals surface area contributed by atoms with Crippen LogP contribution in [0.25, 0.3) is 16.3 Å². The zero-order chi connectivity index (χ0) is 41.3. The molecule has 58 heavy (non-hydrogen) atoms. The topological polar surface area (TPSA) is 235 Å². The van der Waals surface area contributed by atoms with Crippen LogP contribution in [-0.2, 0) is 35.2 Å². The molecular weight excluding hydrogens is 761 g/mol. The molecule has 1 fully saturated rings. The second kappa shape index (κ2) is 21.4. The van der Waals surface area contributed by atoms with Crippen LogP contribution >= 0.6 is 11.3 Å². The lowest BCUT2D eigenvalue weighted by molar-refractivity contribution is -0.138. The number of rotatable bonds is 21. The summed E-state index contributed by atoms with van der Waals surface area (Å²) < 4.78 is 1.06. The number of unbranched alkanes of at least 4 members (excludes halogenated alkanes) is 1. The van der Waals surface area contributed by atoms with Crippen molar-refractivity contribution in [3.8, 4) is 0 Å². The zero-order valence-electron chi connectivity index (χ0n) is 32.2. The molecule has 16 heteroatoms. The lowest BCUT2D eigenvalue weighted by Crippen LogP contribution is -2.62. The number of pyridine rings is 1. The van der Waals surface area contributed by atoms with Crippen LogP contribution in [0.2, 0.25) is 0 Å². The van der Waals surface area contributed by atoms with Crippen LogP contribution in [0.5, 0.6) is 0 Å². The summed E-state index contributed by atoms with van der Waals surface area (Å²) in [5.74, 6) is -3.74. The number of carbonyl (C=O) groups is 6. The number of carbonyl (C=O) groups excluding carboxylic acids is 5. The van der Waals surface area contributed by atoms with Crippen molar-refractivity contribution in [1.29, 1.82) is 0 Å². The lowest BCUT2D eigenvalue weighted by Gasteiger charge is -2.36. The molecule has 1 aliphatic carbocycles. The van der Waals surface area contributed by atoms with Gasteiger partial charge in [0.05, 0.1) is 16.6 Å². The number of fused-ring (bicyclic) bond motifs is 1. The van der Waals surface area contributed by atoms with Crippen molar-refractivity contribution in [1.82, 2.24) is 31.2 Å². The third-order valence-electron chi connectivity index (χ3n) is 9.90. The summed E-state index contributed by atoms with van der Waals surface area (Å²) >= 11 is 1.53. The Morgan fingerprint density at radius 3 is 2.31 bits per heavy atom. The first-order valence-electron chi connectivity index (χ1n) is 19.5. The highest BCUT2D eigenvalue weighted by Crippen LogP contribution is 2.29. The molecule has 2 aromatic heterocycles. The highest BCUT2D eigenvalue weighted by molar-refractivity contribution is 7.22. The van der Waals surface area contributed by atoms with Gasteiger partial charge in [0.15, 0.2) is 5.13 Å². The van der Waals surface area contributed by atoms with Gasteiger partial charge in [-0.3, -0.25) is 33.8 Å². The van der Waals surface area contributed by atoms with Gasteiger partial charge in [-0.05, 0) is 92.5 Å². The third kappa shape index (κ3) is 13.2. The van der Waals surface area contributed by atoms with Crippen LogP contribution < -0.4 is 32.3 Å². The zero-order valence-corrected chi connectivity index (χ0v) is 33.0. The molecule has 0 bridgehead atoms. The van der Waals surface area contributed by atoms with Gasteiger partial charge in [-0.15, -0.1) is 0 Å². The van der Waals surface area contributed by atoms with Crippen molar-refractivity contribution in [2.24, 2.45) is 5.73 Å². The Labute approximate surface area is 340 Å². The molecule has 5 amide bonds. The van der Waals surface area contributed by atoms with Gasteiger partial charge in [0.2, 0.25) is 29.5 Å². The van der Waals surface area contributed by atoms with E-state index < -0.39 is 47.2 Å². The first-order chi connectivity index (χ1) is 28.0. The number of primary amides is 1. The quantitative estimate of drug-likeness (QED) is 0.0460. The molecule has 0 aliphatic heterocycles. The smallest absolute Gasteiger partial charge is 0.303 e. The number of para-hydroxylation sites is 1. The third-order valence-corrected chi connectivity index (χ3v) is 10.9. The summed E-state index contributed by atoms with van der Waals surface area (Å²) in [6.07, 6.45) is 10.2. The number of aliphatic carboxylic acids is 1. The second-order valence-corrected chi connectivity index (χ2v) is 15.4. The number of hydrogen-bond acceptors (Lipinski definition) is 10. The van der Waals surface area contributed by atoms with E-state index in [1.54, 1.807) is 36.7 Å². The normalized spacial score (nSPS) is 14.6. The molecule has 0 unspecified atom stereocenters. The van der Waals surface area contributed by atoms with Crippen LogP contribution in [0, 0.1) is 0 Å². The highest BCUT2D eigenvalue weighted by atomic mass is 32.1. The van der Waals surface area contributed by atoms with E-state index in [9.17, 15) is 33.9 Å². The van der Waals surface area contributed by atoms with E-state index in [2.05, 4.69) is 36.6 Å². The molecule has 2 heterocycles. The van der Waals surface area contributed by atoms with Gasteiger partial charge < -0.3 is 37.4 Å². The van der Waals surface area contributed by atoms with Crippen molar-refractivity contribution < 1.29 is 33.9 Å². The SMILES string of the molecule is NC(=O)C1(NC(=O)[C@@H](CCCC(=O)O)NC(=O)[C@@H](CCCCNC(=O)/C=C/c2cccnc2)NC(=O)Cc2ccc(Nc3nc4ccccc4s3)cc2)CCCCC1. The van der Waals surface area contributed by atoms with Gasteiger partial charge in [-0.25, -0.2) is 4.98 Å². The fourth-order valence-electron chi connectivity index (χ4n) is 6.75. The highest BCUT2D eigenvalue weighted by Gasteiger charge is 2.41. The molecule has 1 saturated carbocycles. The minimum atomic E-state index is -1.27. The molecule has 2 atom stereocenters. The lowest BCUT2D eigenvalue weighted by atomic mass is 9.80. The standard InChI is InChI=1S/C42H50N8O7S/c43-40(57)42(22-5-1-6-23-42)50-39(56)33(13-8-15-37(53)54)48-38(55)32(12-4-7-25-45-35(51)21-18-29-10-9-24-44-27-29)47-36(52)26-28-16-19-30(20-17-28)46-41-49-31-11-2-3-14-34(31)58-41/h2-3,9-11,14,16-21,24,27,32-33H,1,4-8,12-13,15,22-23,25-26H2,(H2,43,57)(H,45,51)(H,46,49)(H,47,52)(H,48,55)(H,50,56)(H,53,54)/b21-18+/t32-,33-/m1/s1. The number of nitrogens with two attached hydrogens (primary N) is 1. The predicted molar refractivity (Wildman–Crippen MR) is 222 cm³/mol. The number of hydrogen-bond donors (Lipinski definition) is 7. The number of anilines is 2. The van der Waals surface area contributed by atoms with Crippen molar-refractivity contribution in [3.63, 3.8) is 0 Å². The summed E-state index contributed by atoms with van der Waals surface area (Å²) in [6.45, 7) is 0.311. The monoisotopic (exact) mass is 810 g/mol. The molecule has 0 spiro atoms. The first-order valence-corrected chi connectivity index (χ1v) is 20.3. The van der Waals surface area contributed by atoms with Gasteiger partial charge in [-0.2, -0.15) is 0 Å². The van der Waals surface area contributed by atoms with E-state index in [4.69, 9.17) is 5.73 Å². The average Bonchev–Trinajstić information content (AvgIpc) is 3.62. The van der Waals surface area contributed by atoms with Crippen molar-refractivity contribution in [2.45, 2.75) is 94.7 Å². The molecule has 0 radical (unpaired) electrons. The summed E-state index contributed by atoms with van der Waals surface area (Å²) in [7, 11) is 0. The summed E-state index contributed by atoms with van der Waals surface area (Å²) in [4.78, 5) is 85.9. The maximum atomic E-state index is 13.9. The van der Waals surface area contributed by atoms with E-state index >= 15 is 0 Å². The number of thiazole rings is 1. The van der Waals surface area contributed by atoms with Crippen molar-refractivity contribution >= 4 is 74.0 Å². The van der Waals surface area contributed by atoms with E-state index in [1.165, 1.54) is 17.4 Å². The number of nitrogens with one attached hydrogen (secondary N) is 5. The minimum absolute atomic E-state index is 0.0185. The molecule has 1 aliphatic rings. The second-order valence-electron chi connectivity index (χ2n) is 14.4. The number of aromatic nitrogens is 2. The van der Waals surface area contributed by atoms with Crippen molar-refractivity contribution in [2.75, 3.05) is 11.9 Å². The van der Waals surface area contributed by atoms with Gasteiger partial charge in [0.1, 0.15) is 17.6 Å². The van der Waals surface area contributed by atoms with Gasteiger partial charge >= 0.3 is 5.97 Å². The Morgan fingerprint density at radius 1 is 0.862 bits per heavy atom. The maximum Gasteiger partial charge on any atom is 0.303 e. The molecule has 0 saturated heterocycles. The maximum absolute atomic E-state index is 13.9. The number of amides is 5. The molecule has 2 aromatic carbocycles. The Hall–Kier alpha value is -6.16. The van der Waals surface area contributed by atoms with Crippen LogP contribution in [0.1, 0.15) is 81.8 Å². The molecule has 15 nitrogen and oxygen atoms in total. The van der Waals surface area contributed by atoms with Gasteiger partial charge in [-0.1, -0.05) is 60.9 Å². The number of carboxylic acid groups (broad SMARTS) is 1. The fraction of sp³-hybridized carbons (Fsp3) is 0.381.